The van der Waals surface area contributed by atoms with Crippen LogP contribution < -0.4 is 0 Å². The summed E-state index contributed by atoms with van der Waals surface area (Å²) in [5, 5.41) is 19.7. The third-order valence-electron chi connectivity index (χ3n) is 2.79. The highest BCUT2D eigenvalue weighted by Crippen LogP contribution is 2.45. The summed E-state index contributed by atoms with van der Waals surface area (Å²) < 4.78 is 12.0. The topological polar surface area (TPSA) is 103 Å². The van der Waals surface area contributed by atoms with Crippen molar-refractivity contribution in [1.82, 2.24) is 9.55 Å². The monoisotopic (exact) mass is 227 g/mol. The molecule has 1 aromatic heterocycles. The molecule has 8 nitrogen and oxygen atoms in total. The van der Waals surface area contributed by atoms with Crippen LogP contribution in [0.25, 0.3) is 0 Å². The smallest absolute Gasteiger partial charge is 0.394 e. The lowest BCUT2D eigenvalue weighted by Crippen LogP contribution is -2.22. The number of aliphatic hydroxyl groups is 1. The molecule has 0 aromatic carbocycles. The summed E-state index contributed by atoms with van der Waals surface area (Å²) in [5.41, 5.74) is 0. The van der Waals surface area contributed by atoms with Gasteiger partial charge in [0.15, 0.2) is 0 Å². The summed E-state index contributed by atoms with van der Waals surface area (Å²) in [6.07, 6.45) is 1.47. The van der Waals surface area contributed by atoms with Crippen LogP contribution in [-0.4, -0.2) is 44.5 Å². The van der Waals surface area contributed by atoms with E-state index in [1.807, 2.05) is 0 Å². The standard InChI is InChI=1S/C8H9N3O5/c12-3-4-5-6(16-5)7(15-4)10-2-1-9-8(10)11(13)14/h1-2,4-7,12H,3H2/t4-,5-,6+,7?/m1/s1. The fraction of sp³-hybridized carbons (Fsp3) is 0.625. The molecule has 2 aliphatic heterocycles. The van der Waals surface area contributed by atoms with Gasteiger partial charge in [0.1, 0.15) is 30.7 Å². The van der Waals surface area contributed by atoms with Crippen LogP contribution in [0.3, 0.4) is 0 Å². The molecule has 4 atom stereocenters. The summed E-state index contributed by atoms with van der Waals surface area (Å²) in [6.45, 7) is -0.153. The Morgan fingerprint density at radius 1 is 1.56 bits per heavy atom. The van der Waals surface area contributed by atoms with Crippen molar-refractivity contribution in [2.45, 2.75) is 24.5 Å². The summed E-state index contributed by atoms with van der Waals surface area (Å²) in [7, 11) is 0. The predicted octanol–water partition coefficient (Wildman–Crippen LogP) is -0.552. The number of nitrogens with zero attached hydrogens (tertiary/aromatic N) is 3. The van der Waals surface area contributed by atoms with E-state index in [1.165, 1.54) is 17.0 Å². The summed E-state index contributed by atoms with van der Waals surface area (Å²) >= 11 is 0. The summed E-state index contributed by atoms with van der Waals surface area (Å²) in [5.74, 6) is -0.280. The Morgan fingerprint density at radius 2 is 2.38 bits per heavy atom. The maximum Gasteiger partial charge on any atom is 0.436 e. The van der Waals surface area contributed by atoms with Crippen molar-refractivity contribution in [1.29, 1.82) is 0 Å². The lowest BCUT2D eigenvalue weighted by molar-refractivity contribution is -0.398. The largest absolute Gasteiger partial charge is 0.436 e. The maximum absolute atomic E-state index is 10.7. The molecule has 2 aliphatic rings. The SMILES string of the molecule is O=[N+]([O-])c1nccn1C1O[C@H](CO)[C@H]2O[C@H]12. The summed E-state index contributed by atoms with van der Waals surface area (Å²) in [6, 6.07) is 0. The minimum absolute atomic E-state index is 0.153. The first kappa shape index (κ1) is 9.70. The molecule has 8 heteroatoms. The minimum atomic E-state index is -0.576. The fourth-order valence-electron chi connectivity index (χ4n) is 2.01. The van der Waals surface area contributed by atoms with E-state index in [2.05, 4.69) is 4.98 Å². The number of fused-ring (bicyclic) bond motifs is 1. The molecule has 0 saturated carbocycles. The highest BCUT2D eigenvalue weighted by Gasteiger charge is 2.60. The van der Waals surface area contributed by atoms with Crippen molar-refractivity contribution in [3.63, 3.8) is 0 Å². The number of nitro groups is 1. The molecule has 2 saturated heterocycles. The number of hydrogen-bond acceptors (Lipinski definition) is 6. The minimum Gasteiger partial charge on any atom is -0.394 e. The van der Waals surface area contributed by atoms with Gasteiger partial charge in [-0.25, -0.2) is 0 Å². The molecule has 0 bridgehead atoms. The lowest BCUT2D eigenvalue weighted by atomic mass is 10.2. The molecule has 0 aliphatic carbocycles. The Hall–Kier alpha value is -1.51. The first-order valence-electron chi connectivity index (χ1n) is 4.81. The van der Waals surface area contributed by atoms with Gasteiger partial charge < -0.3 is 24.7 Å². The highest BCUT2D eigenvalue weighted by molar-refractivity contribution is 5.12. The molecule has 1 unspecified atom stereocenters. The van der Waals surface area contributed by atoms with Gasteiger partial charge in [-0.3, -0.25) is 0 Å². The van der Waals surface area contributed by atoms with E-state index >= 15 is 0 Å². The molecular weight excluding hydrogens is 218 g/mol. The van der Waals surface area contributed by atoms with Gasteiger partial charge >= 0.3 is 5.95 Å². The van der Waals surface area contributed by atoms with Crippen molar-refractivity contribution in [3.8, 4) is 0 Å². The Balaban J connectivity index is 1.88. The van der Waals surface area contributed by atoms with Crippen LogP contribution >= 0.6 is 0 Å². The zero-order valence-electron chi connectivity index (χ0n) is 8.09. The molecule has 0 amide bonds. The second kappa shape index (κ2) is 3.24. The van der Waals surface area contributed by atoms with Crippen LogP contribution in [0.5, 0.6) is 0 Å². The molecular formula is C8H9N3O5. The third kappa shape index (κ3) is 1.24. The molecule has 0 radical (unpaired) electrons. The first-order valence-corrected chi connectivity index (χ1v) is 4.81. The van der Waals surface area contributed by atoms with Gasteiger partial charge in [0.2, 0.25) is 6.23 Å². The second-order valence-electron chi connectivity index (χ2n) is 3.70. The quantitative estimate of drug-likeness (QED) is 0.422. The predicted molar refractivity (Wildman–Crippen MR) is 48.5 cm³/mol. The zero-order chi connectivity index (χ0) is 11.3. The van der Waals surface area contributed by atoms with E-state index in [0.717, 1.165) is 0 Å². The van der Waals surface area contributed by atoms with E-state index in [1.54, 1.807) is 0 Å². The van der Waals surface area contributed by atoms with Crippen LogP contribution in [0.4, 0.5) is 5.95 Å². The first-order chi connectivity index (χ1) is 7.72. The second-order valence-corrected chi connectivity index (χ2v) is 3.70. The van der Waals surface area contributed by atoms with Gasteiger partial charge in [0.05, 0.1) is 6.61 Å². The van der Waals surface area contributed by atoms with Gasteiger partial charge in [0, 0.05) is 0 Å². The third-order valence-corrected chi connectivity index (χ3v) is 2.79. The van der Waals surface area contributed by atoms with Crippen molar-refractivity contribution in [3.05, 3.63) is 22.5 Å². The Bertz CT molecular complexity index is 433. The normalized spacial score (nSPS) is 36.1. The average molecular weight is 227 g/mol. The Morgan fingerprint density at radius 3 is 3.00 bits per heavy atom. The lowest BCUT2D eigenvalue weighted by Gasteiger charge is -2.14. The van der Waals surface area contributed by atoms with E-state index in [0.29, 0.717) is 0 Å². The van der Waals surface area contributed by atoms with Crippen LogP contribution in [0.15, 0.2) is 12.4 Å². The summed E-state index contributed by atoms with van der Waals surface area (Å²) in [4.78, 5) is 13.7. The molecule has 3 heterocycles. The molecule has 3 rings (SSSR count). The Kier molecular flexibility index (Phi) is 1.96. The van der Waals surface area contributed by atoms with Crippen molar-refractivity contribution in [2.24, 2.45) is 0 Å². The Labute approximate surface area is 89.6 Å². The van der Waals surface area contributed by atoms with E-state index < -0.39 is 17.3 Å². The van der Waals surface area contributed by atoms with Crippen molar-refractivity contribution in [2.75, 3.05) is 6.61 Å². The van der Waals surface area contributed by atoms with Crippen molar-refractivity contribution >= 4 is 5.95 Å². The maximum atomic E-state index is 10.7. The van der Waals surface area contributed by atoms with E-state index in [-0.39, 0.29) is 24.8 Å². The molecule has 0 spiro atoms. The highest BCUT2D eigenvalue weighted by atomic mass is 16.7. The van der Waals surface area contributed by atoms with Gasteiger partial charge in [-0.15, -0.1) is 0 Å². The van der Waals surface area contributed by atoms with Crippen LogP contribution in [-0.2, 0) is 9.47 Å². The number of epoxide rings is 1. The van der Waals surface area contributed by atoms with Gasteiger partial charge in [-0.2, -0.15) is 4.57 Å². The van der Waals surface area contributed by atoms with Gasteiger partial charge in [-0.05, 0) is 4.92 Å². The zero-order valence-corrected chi connectivity index (χ0v) is 8.09. The van der Waals surface area contributed by atoms with Crippen LogP contribution in [0.2, 0.25) is 0 Å². The average Bonchev–Trinajstić information content (AvgIpc) is 2.77. The molecule has 2 fully saturated rings. The molecule has 86 valence electrons. The molecule has 1 N–H and O–H groups in total. The fourth-order valence-corrected chi connectivity index (χ4v) is 2.01. The number of imidazole rings is 1. The molecule has 1 aromatic rings. The van der Waals surface area contributed by atoms with Crippen molar-refractivity contribution < 1.29 is 19.5 Å². The number of ether oxygens (including phenoxy) is 2. The van der Waals surface area contributed by atoms with E-state index in [4.69, 9.17) is 14.6 Å². The van der Waals surface area contributed by atoms with Gasteiger partial charge in [0.25, 0.3) is 0 Å². The van der Waals surface area contributed by atoms with Crippen LogP contribution in [0, 0.1) is 10.1 Å². The van der Waals surface area contributed by atoms with Gasteiger partial charge in [-0.1, -0.05) is 4.98 Å². The van der Waals surface area contributed by atoms with Crippen LogP contribution in [0.1, 0.15) is 6.23 Å². The number of aliphatic hydroxyl groups excluding tert-OH is 1. The number of hydrogen-bond donors (Lipinski definition) is 1. The number of rotatable bonds is 3. The molecule has 16 heavy (non-hydrogen) atoms. The number of aromatic nitrogens is 2. The van der Waals surface area contributed by atoms with E-state index in [9.17, 15) is 10.1 Å².